The third kappa shape index (κ3) is 2.03. The zero-order valence-electron chi connectivity index (χ0n) is 9.78. The summed E-state index contributed by atoms with van der Waals surface area (Å²) in [6.07, 6.45) is 0.259. The highest BCUT2D eigenvalue weighted by atomic mass is 16.2. The third-order valence-corrected chi connectivity index (χ3v) is 3.28. The van der Waals surface area contributed by atoms with Crippen molar-refractivity contribution < 1.29 is 9.59 Å². The Kier molecular flexibility index (Phi) is 3.16. The molecule has 0 aromatic rings. The topological polar surface area (TPSA) is 66.6 Å². The van der Waals surface area contributed by atoms with Crippen molar-refractivity contribution in [3.05, 3.63) is 0 Å². The summed E-state index contributed by atoms with van der Waals surface area (Å²) in [6, 6.07) is -0.360. The van der Waals surface area contributed by atoms with E-state index in [0.717, 1.165) is 0 Å². The second-order valence-corrected chi connectivity index (χ2v) is 4.64. The summed E-state index contributed by atoms with van der Waals surface area (Å²) in [6.45, 7) is 4.37. The number of carbonyl (C=O) groups excluding carboxylic acids is 2. The number of imide groups is 1. The molecule has 1 unspecified atom stereocenters. The van der Waals surface area contributed by atoms with E-state index >= 15 is 0 Å². The first-order valence-electron chi connectivity index (χ1n) is 5.04. The predicted molar refractivity (Wildman–Crippen MR) is 57.1 cm³/mol. The van der Waals surface area contributed by atoms with Gasteiger partial charge in [0.2, 0.25) is 11.8 Å². The Morgan fingerprint density at radius 2 is 2.07 bits per heavy atom. The Bertz CT molecular complexity index is 288. The highest BCUT2D eigenvalue weighted by Crippen LogP contribution is 2.22. The second-order valence-electron chi connectivity index (χ2n) is 4.64. The standard InChI is InChI=1S/C10H19N3O2/c1-10(2,6-11)13(4)7-5-8(14)12(3)9(7)15/h7H,5-6,11H2,1-4H3. The van der Waals surface area contributed by atoms with Gasteiger partial charge in [0.1, 0.15) is 0 Å². The summed E-state index contributed by atoms with van der Waals surface area (Å²) in [5.41, 5.74) is 5.37. The first kappa shape index (κ1) is 12.1. The molecule has 15 heavy (non-hydrogen) atoms. The van der Waals surface area contributed by atoms with Crippen molar-refractivity contribution in [3.8, 4) is 0 Å². The highest BCUT2D eigenvalue weighted by molar-refractivity contribution is 6.05. The van der Waals surface area contributed by atoms with Gasteiger partial charge in [-0.25, -0.2) is 0 Å². The molecule has 2 amide bonds. The van der Waals surface area contributed by atoms with Crippen molar-refractivity contribution in [2.45, 2.75) is 31.8 Å². The quantitative estimate of drug-likeness (QED) is 0.636. The smallest absolute Gasteiger partial charge is 0.246 e. The number of rotatable bonds is 3. The van der Waals surface area contributed by atoms with Gasteiger partial charge in [-0.1, -0.05) is 0 Å². The van der Waals surface area contributed by atoms with Crippen molar-refractivity contribution in [2.75, 3.05) is 20.6 Å². The molecule has 0 saturated carbocycles. The molecule has 0 bridgehead atoms. The van der Waals surface area contributed by atoms with Crippen molar-refractivity contribution >= 4 is 11.8 Å². The van der Waals surface area contributed by atoms with Crippen LogP contribution in [-0.2, 0) is 9.59 Å². The van der Waals surface area contributed by atoms with Gasteiger partial charge in [0.15, 0.2) is 0 Å². The van der Waals surface area contributed by atoms with Gasteiger partial charge in [-0.3, -0.25) is 19.4 Å². The van der Waals surface area contributed by atoms with Crippen molar-refractivity contribution in [1.29, 1.82) is 0 Å². The summed E-state index contributed by atoms with van der Waals surface area (Å²) in [5.74, 6) is -0.256. The molecule has 1 aliphatic heterocycles. The van der Waals surface area contributed by atoms with Crippen LogP contribution in [0.3, 0.4) is 0 Å². The molecule has 0 aromatic heterocycles. The average Bonchev–Trinajstić information content (AvgIpc) is 2.45. The van der Waals surface area contributed by atoms with Gasteiger partial charge in [-0.05, 0) is 20.9 Å². The normalized spacial score (nSPS) is 23.1. The third-order valence-electron chi connectivity index (χ3n) is 3.28. The fourth-order valence-corrected chi connectivity index (χ4v) is 1.60. The van der Waals surface area contributed by atoms with Crippen LogP contribution in [0.5, 0.6) is 0 Å². The number of nitrogens with two attached hydrogens (primary N) is 1. The van der Waals surface area contributed by atoms with Crippen LogP contribution < -0.4 is 5.73 Å². The largest absolute Gasteiger partial charge is 0.329 e. The molecule has 1 saturated heterocycles. The molecule has 1 rings (SSSR count). The number of hydrogen-bond donors (Lipinski definition) is 1. The number of amides is 2. The minimum atomic E-state index is -0.360. The molecule has 1 atom stereocenters. The number of likely N-dealkylation sites (N-methyl/N-ethyl adjacent to an activating group) is 2. The van der Waals surface area contributed by atoms with E-state index in [-0.39, 0.29) is 29.8 Å². The van der Waals surface area contributed by atoms with Crippen LogP contribution in [0.4, 0.5) is 0 Å². The number of likely N-dealkylation sites (tertiary alicyclic amines) is 1. The van der Waals surface area contributed by atoms with Gasteiger partial charge in [0, 0.05) is 19.1 Å². The molecule has 5 heteroatoms. The van der Waals surface area contributed by atoms with Crippen LogP contribution in [0.15, 0.2) is 0 Å². The van der Waals surface area contributed by atoms with Crippen LogP contribution in [0.1, 0.15) is 20.3 Å². The van der Waals surface area contributed by atoms with Gasteiger partial charge in [0.25, 0.3) is 0 Å². The SMILES string of the molecule is CN1C(=O)CC(N(C)C(C)(C)CN)C1=O. The molecule has 0 aliphatic carbocycles. The Balaban J connectivity index is 2.83. The van der Waals surface area contributed by atoms with Gasteiger partial charge < -0.3 is 5.73 Å². The molecule has 0 aromatic carbocycles. The van der Waals surface area contributed by atoms with Crippen molar-refractivity contribution in [2.24, 2.45) is 5.73 Å². The number of hydrogen-bond acceptors (Lipinski definition) is 4. The number of carbonyl (C=O) groups is 2. The van der Waals surface area contributed by atoms with E-state index < -0.39 is 0 Å². The molecule has 1 fully saturated rings. The molecule has 1 heterocycles. The number of nitrogens with zero attached hydrogens (tertiary/aromatic N) is 2. The molecular formula is C10H19N3O2. The highest BCUT2D eigenvalue weighted by Gasteiger charge is 2.42. The lowest BCUT2D eigenvalue weighted by molar-refractivity contribution is -0.138. The molecule has 2 N–H and O–H groups in total. The Morgan fingerprint density at radius 3 is 2.40 bits per heavy atom. The Hall–Kier alpha value is -0.940. The van der Waals surface area contributed by atoms with Crippen molar-refractivity contribution in [3.63, 3.8) is 0 Å². The maximum absolute atomic E-state index is 11.7. The summed E-state index contributed by atoms with van der Waals surface area (Å²) in [4.78, 5) is 26.2. The summed E-state index contributed by atoms with van der Waals surface area (Å²) in [5, 5.41) is 0. The van der Waals surface area contributed by atoms with E-state index in [1.807, 2.05) is 25.8 Å². The van der Waals surface area contributed by atoms with Gasteiger partial charge in [-0.15, -0.1) is 0 Å². The van der Waals surface area contributed by atoms with Crippen molar-refractivity contribution in [1.82, 2.24) is 9.80 Å². The van der Waals surface area contributed by atoms with E-state index in [0.29, 0.717) is 6.54 Å². The summed E-state index contributed by atoms with van der Waals surface area (Å²) in [7, 11) is 3.36. The van der Waals surface area contributed by atoms with E-state index in [1.165, 1.54) is 11.9 Å². The lowest BCUT2D eigenvalue weighted by Gasteiger charge is -2.37. The molecule has 0 radical (unpaired) electrons. The fraction of sp³-hybridized carbons (Fsp3) is 0.800. The van der Waals surface area contributed by atoms with E-state index in [9.17, 15) is 9.59 Å². The minimum absolute atomic E-state index is 0.121. The van der Waals surface area contributed by atoms with Crippen LogP contribution in [0.25, 0.3) is 0 Å². The first-order chi connectivity index (χ1) is 6.81. The average molecular weight is 213 g/mol. The van der Waals surface area contributed by atoms with Crippen LogP contribution >= 0.6 is 0 Å². The maximum Gasteiger partial charge on any atom is 0.246 e. The lowest BCUT2D eigenvalue weighted by Crippen LogP contribution is -2.54. The van der Waals surface area contributed by atoms with E-state index in [4.69, 9.17) is 5.73 Å². The monoisotopic (exact) mass is 213 g/mol. The van der Waals surface area contributed by atoms with Crippen LogP contribution in [0, 0.1) is 0 Å². The molecule has 1 aliphatic rings. The molecule has 86 valence electrons. The maximum atomic E-state index is 11.7. The summed E-state index contributed by atoms with van der Waals surface area (Å²) >= 11 is 0. The van der Waals surface area contributed by atoms with Gasteiger partial charge in [0.05, 0.1) is 12.5 Å². The Labute approximate surface area is 90.2 Å². The summed E-state index contributed by atoms with van der Waals surface area (Å²) < 4.78 is 0. The Morgan fingerprint density at radius 1 is 1.53 bits per heavy atom. The fourth-order valence-electron chi connectivity index (χ4n) is 1.60. The molecule has 5 nitrogen and oxygen atoms in total. The second kappa shape index (κ2) is 3.90. The zero-order valence-corrected chi connectivity index (χ0v) is 9.78. The predicted octanol–water partition coefficient (Wildman–Crippen LogP) is -0.587. The molecule has 0 spiro atoms. The van der Waals surface area contributed by atoms with Crippen LogP contribution in [-0.4, -0.2) is 53.8 Å². The minimum Gasteiger partial charge on any atom is -0.329 e. The van der Waals surface area contributed by atoms with E-state index in [1.54, 1.807) is 0 Å². The van der Waals surface area contributed by atoms with Crippen LogP contribution in [0.2, 0.25) is 0 Å². The van der Waals surface area contributed by atoms with Gasteiger partial charge in [-0.2, -0.15) is 0 Å². The lowest BCUT2D eigenvalue weighted by atomic mass is 10.0. The van der Waals surface area contributed by atoms with E-state index in [2.05, 4.69) is 0 Å². The molecular weight excluding hydrogens is 194 g/mol. The first-order valence-corrected chi connectivity index (χ1v) is 5.04. The zero-order chi connectivity index (χ0) is 11.8. The van der Waals surface area contributed by atoms with Gasteiger partial charge >= 0.3 is 0 Å².